The second-order valence-electron chi connectivity index (χ2n) is 4.66. The van der Waals surface area contributed by atoms with Crippen molar-refractivity contribution in [1.29, 1.82) is 0 Å². The fraction of sp³-hybridized carbons (Fsp3) is 0.500. The Morgan fingerprint density at radius 3 is 2.61 bits per heavy atom. The summed E-state index contributed by atoms with van der Waals surface area (Å²) in [7, 11) is 1.71. The molecule has 0 aliphatic rings. The van der Waals surface area contributed by atoms with E-state index in [0.29, 0.717) is 17.6 Å². The number of anilines is 1. The second kappa shape index (κ2) is 6.71. The molecule has 0 heterocycles. The molecule has 0 fully saturated rings. The number of nitrogens with zero attached hydrogens (tertiary/aromatic N) is 1. The van der Waals surface area contributed by atoms with Crippen LogP contribution in [0.3, 0.4) is 0 Å². The van der Waals surface area contributed by atoms with Gasteiger partial charge in [0.1, 0.15) is 4.99 Å². The van der Waals surface area contributed by atoms with Crippen LogP contribution in [0.2, 0.25) is 0 Å². The van der Waals surface area contributed by atoms with Gasteiger partial charge in [-0.15, -0.1) is 0 Å². The summed E-state index contributed by atoms with van der Waals surface area (Å²) < 4.78 is 5.17. The van der Waals surface area contributed by atoms with Crippen molar-refractivity contribution in [3.8, 4) is 0 Å². The first-order chi connectivity index (χ1) is 8.47. The van der Waals surface area contributed by atoms with Crippen LogP contribution in [-0.4, -0.2) is 31.3 Å². The van der Waals surface area contributed by atoms with E-state index in [2.05, 4.69) is 31.7 Å². The average Bonchev–Trinajstić information content (AvgIpc) is 2.28. The molecular weight excluding hydrogens is 244 g/mol. The lowest BCUT2D eigenvalue weighted by molar-refractivity contribution is 0.204. The minimum Gasteiger partial charge on any atom is -0.389 e. The average molecular weight is 266 g/mol. The van der Waals surface area contributed by atoms with Crippen LogP contribution in [0, 0.1) is 6.92 Å². The molecule has 0 radical (unpaired) electrons. The van der Waals surface area contributed by atoms with Gasteiger partial charge in [0.2, 0.25) is 0 Å². The Kier molecular flexibility index (Phi) is 5.56. The minimum absolute atomic E-state index is 0.370. The summed E-state index contributed by atoms with van der Waals surface area (Å²) in [6, 6.07) is 6.53. The van der Waals surface area contributed by atoms with Gasteiger partial charge in [-0.05, 0) is 38.5 Å². The van der Waals surface area contributed by atoms with Gasteiger partial charge in [-0.3, -0.25) is 0 Å². The molecule has 3 nitrogen and oxygen atoms in total. The molecule has 100 valence electrons. The molecule has 0 spiro atoms. The minimum atomic E-state index is 0.370. The zero-order valence-electron chi connectivity index (χ0n) is 11.6. The monoisotopic (exact) mass is 266 g/mol. The number of hydrogen-bond acceptors (Lipinski definition) is 3. The summed E-state index contributed by atoms with van der Waals surface area (Å²) in [6.07, 6.45) is 0. The third-order valence-corrected chi connectivity index (χ3v) is 3.11. The number of aryl methyl sites for hydroxylation is 1. The third kappa shape index (κ3) is 3.68. The number of nitrogens with two attached hydrogens (primary N) is 1. The molecule has 0 unspecified atom stereocenters. The van der Waals surface area contributed by atoms with Crippen LogP contribution >= 0.6 is 12.2 Å². The first-order valence-electron chi connectivity index (χ1n) is 6.13. The van der Waals surface area contributed by atoms with Gasteiger partial charge < -0.3 is 15.4 Å². The molecule has 0 atom stereocenters. The van der Waals surface area contributed by atoms with Crippen LogP contribution in [0.4, 0.5) is 5.69 Å². The SMILES string of the molecule is COCCN(c1cc(C)ccc1C(N)=S)C(C)C. The Labute approximate surface area is 115 Å². The fourth-order valence-electron chi connectivity index (χ4n) is 1.93. The predicted molar refractivity (Wildman–Crippen MR) is 81.4 cm³/mol. The van der Waals surface area contributed by atoms with E-state index in [0.717, 1.165) is 17.8 Å². The maximum Gasteiger partial charge on any atom is 0.106 e. The number of methoxy groups -OCH3 is 1. The van der Waals surface area contributed by atoms with Crippen LogP contribution in [0.1, 0.15) is 25.0 Å². The standard InChI is InChI=1S/C14H22N2OS/c1-10(2)16(7-8-17-4)13-9-11(3)5-6-12(13)14(15)18/h5-6,9-10H,7-8H2,1-4H3,(H2,15,18). The quantitative estimate of drug-likeness (QED) is 0.803. The predicted octanol–water partition coefficient (Wildman–Crippen LogP) is 2.49. The van der Waals surface area contributed by atoms with E-state index in [-0.39, 0.29) is 0 Å². The first-order valence-corrected chi connectivity index (χ1v) is 6.54. The van der Waals surface area contributed by atoms with Crippen molar-refractivity contribution in [3.63, 3.8) is 0 Å². The number of hydrogen-bond donors (Lipinski definition) is 1. The van der Waals surface area contributed by atoms with Crippen molar-refractivity contribution in [2.45, 2.75) is 26.8 Å². The Morgan fingerprint density at radius 2 is 2.11 bits per heavy atom. The van der Waals surface area contributed by atoms with E-state index < -0.39 is 0 Å². The van der Waals surface area contributed by atoms with E-state index in [1.807, 2.05) is 12.1 Å². The van der Waals surface area contributed by atoms with E-state index >= 15 is 0 Å². The van der Waals surface area contributed by atoms with Gasteiger partial charge in [-0.25, -0.2) is 0 Å². The largest absolute Gasteiger partial charge is 0.389 e. The highest BCUT2D eigenvalue weighted by atomic mass is 32.1. The van der Waals surface area contributed by atoms with Crippen molar-refractivity contribution in [2.24, 2.45) is 5.73 Å². The molecule has 18 heavy (non-hydrogen) atoms. The summed E-state index contributed by atoms with van der Waals surface area (Å²) in [5.74, 6) is 0. The molecule has 1 rings (SSSR count). The molecule has 0 aromatic heterocycles. The van der Waals surface area contributed by atoms with Crippen LogP contribution in [-0.2, 0) is 4.74 Å². The molecule has 0 saturated heterocycles. The molecule has 0 amide bonds. The van der Waals surface area contributed by atoms with E-state index in [1.165, 1.54) is 5.56 Å². The zero-order chi connectivity index (χ0) is 13.7. The number of ether oxygens (including phenoxy) is 1. The van der Waals surface area contributed by atoms with Crippen LogP contribution < -0.4 is 10.6 Å². The molecular formula is C14H22N2OS. The Morgan fingerprint density at radius 1 is 1.44 bits per heavy atom. The maximum atomic E-state index is 5.80. The highest BCUT2D eigenvalue weighted by molar-refractivity contribution is 7.80. The highest BCUT2D eigenvalue weighted by Gasteiger charge is 2.15. The number of thiocarbonyl (C=S) groups is 1. The van der Waals surface area contributed by atoms with Crippen molar-refractivity contribution in [3.05, 3.63) is 29.3 Å². The molecule has 1 aromatic rings. The summed E-state index contributed by atoms with van der Waals surface area (Å²) in [5, 5.41) is 0. The molecule has 0 bridgehead atoms. The van der Waals surface area contributed by atoms with Gasteiger partial charge in [0.25, 0.3) is 0 Å². The van der Waals surface area contributed by atoms with Gasteiger partial charge in [-0.2, -0.15) is 0 Å². The Hall–Kier alpha value is -1.13. The molecule has 0 saturated carbocycles. The summed E-state index contributed by atoms with van der Waals surface area (Å²) in [6.45, 7) is 7.89. The lowest BCUT2D eigenvalue weighted by Gasteiger charge is -2.31. The number of rotatable bonds is 6. The van der Waals surface area contributed by atoms with Gasteiger partial charge in [-0.1, -0.05) is 18.3 Å². The smallest absolute Gasteiger partial charge is 0.106 e. The van der Waals surface area contributed by atoms with E-state index in [1.54, 1.807) is 7.11 Å². The maximum absolute atomic E-state index is 5.80. The van der Waals surface area contributed by atoms with Crippen molar-refractivity contribution < 1.29 is 4.74 Å². The topological polar surface area (TPSA) is 38.5 Å². The Balaban J connectivity index is 3.16. The highest BCUT2D eigenvalue weighted by Crippen LogP contribution is 2.24. The second-order valence-corrected chi connectivity index (χ2v) is 5.10. The first kappa shape index (κ1) is 14.9. The normalized spacial score (nSPS) is 10.7. The molecule has 0 aliphatic carbocycles. The van der Waals surface area contributed by atoms with Gasteiger partial charge in [0.15, 0.2) is 0 Å². The molecule has 4 heteroatoms. The zero-order valence-corrected chi connectivity index (χ0v) is 12.4. The van der Waals surface area contributed by atoms with E-state index in [9.17, 15) is 0 Å². The summed E-state index contributed by atoms with van der Waals surface area (Å²) >= 11 is 5.13. The van der Waals surface area contributed by atoms with Crippen LogP contribution in [0.15, 0.2) is 18.2 Å². The van der Waals surface area contributed by atoms with Crippen molar-refractivity contribution in [2.75, 3.05) is 25.2 Å². The lowest BCUT2D eigenvalue weighted by atomic mass is 10.1. The summed E-state index contributed by atoms with van der Waals surface area (Å²) in [4.78, 5) is 2.71. The van der Waals surface area contributed by atoms with Gasteiger partial charge >= 0.3 is 0 Å². The van der Waals surface area contributed by atoms with E-state index in [4.69, 9.17) is 22.7 Å². The lowest BCUT2D eigenvalue weighted by Crippen LogP contribution is -2.35. The Bertz CT molecular complexity index is 418. The summed E-state index contributed by atoms with van der Waals surface area (Å²) in [5.41, 5.74) is 9.03. The van der Waals surface area contributed by atoms with Crippen molar-refractivity contribution in [1.82, 2.24) is 0 Å². The van der Waals surface area contributed by atoms with Crippen LogP contribution in [0.25, 0.3) is 0 Å². The van der Waals surface area contributed by atoms with Crippen molar-refractivity contribution >= 4 is 22.9 Å². The van der Waals surface area contributed by atoms with Gasteiger partial charge in [0.05, 0.1) is 6.61 Å². The molecule has 2 N–H and O–H groups in total. The van der Waals surface area contributed by atoms with Gasteiger partial charge in [0, 0.05) is 30.9 Å². The number of benzene rings is 1. The molecule has 1 aromatic carbocycles. The molecule has 0 aliphatic heterocycles. The van der Waals surface area contributed by atoms with Crippen LogP contribution in [0.5, 0.6) is 0 Å². The third-order valence-electron chi connectivity index (χ3n) is 2.89. The fourth-order valence-corrected chi connectivity index (χ4v) is 2.11.